The molecule has 2 aromatic rings. The molecule has 1 saturated carbocycles. The Morgan fingerprint density at radius 1 is 1.17 bits per heavy atom. The van der Waals surface area contributed by atoms with Crippen LogP contribution in [0.5, 0.6) is 0 Å². The molecule has 2 aromatic carbocycles. The third-order valence-electron chi connectivity index (χ3n) is 5.87. The van der Waals surface area contributed by atoms with Crippen LogP contribution in [0.25, 0.3) is 0 Å². The van der Waals surface area contributed by atoms with Gasteiger partial charge in [-0.2, -0.15) is 0 Å². The van der Waals surface area contributed by atoms with Crippen molar-refractivity contribution in [3.8, 4) is 0 Å². The third kappa shape index (κ3) is 2.98. The summed E-state index contributed by atoms with van der Waals surface area (Å²) in [7, 11) is 0. The van der Waals surface area contributed by atoms with E-state index in [9.17, 15) is 9.59 Å². The van der Waals surface area contributed by atoms with Crippen LogP contribution in [0.3, 0.4) is 0 Å². The second-order valence-electron chi connectivity index (χ2n) is 8.74. The molecule has 4 nitrogen and oxygen atoms in total. The molecule has 29 heavy (non-hydrogen) atoms. The molecule has 6 heteroatoms. The number of thioether (sulfide) groups is 1. The topological polar surface area (TPSA) is 40.6 Å². The first-order chi connectivity index (χ1) is 13.8. The second-order valence-corrected chi connectivity index (χ2v) is 11.1. The van der Waals surface area contributed by atoms with Crippen LogP contribution in [0, 0.1) is 5.92 Å². The highest BCUT2D eigenvalue weighted by Crippen LogP contribution is 2.61. The Morgan fingerprint density at radius 2 is 1.90 bits per heavy atom. The molecule has 1 saturated heterocycles. The van der Waals surface area contributed by atoms with Crippen LogP contribution in [-0.2, 0) is 21.0 Å². The number of hydrogen-bond acceptors (Lipinski definition) is 3. The Kier molecular flexibility index (Phi) is 4.27. The minimum atomic E-state index is -1.03. The summed E-state index contributed by atoms with van der Waals surface area (Å²) in [5.74, 6) is 0.118. The number of halogens is 1. The van der Waals surface area contributed by atoms with Gasteiger partial charge in [-0.25, -0.2) is 0 Å². The molecule has 1 unspecified atom stereocenters. The van der Waals surface area contributed by atoms with Gasteiger partial charge >= 0.3 is 0 Å². The van der Waals surface area contributed by atoms with Gasteiger partial charge in [-0.15, -0.1) is 11.8 Å². The number of hydrogen-bond donors (Lipinski definition) is 0. The zero-order valence-electron chi connectivity index (χ0n) is 16.5. The van der Waals surface area contributed by atoms with Gasteiger partial charge in [-0.1, -0.05) is 41.9 Å². The van der Waals surface area contributed by atoms with Gasteiger partial charge in [-0.05, 0) is 50.5 Å². The number of amides is 2. The van der Waals surface area contributed by atoms with E-state index >= 15 is 0 Å². The Balaban J connectivity index is 1.65. The van der Waals surface area contributed by atoms with Crippen molar-refractivity contribution in [3.63, 3.8) is 0 Å². The highest BCUT2D eigenvalue weighted by molar-refractivity contribution is 8.02. The summed E-state index contributed by atoms with van der Waals surface area (Å²) in [6.45, 7) is 5.25. The molecule has 1 spiro atoms. The summed E-state index contributed by atoms with van der Waals surface area (Å²) < 4.78 is -0.220. The molecule has 2 amide bonds. The average Bonchev–Trinajstić information content (AvgIpc) is 3.46. The van der Waals surface area contributed by atoms with Crippen molar-refractivity contribution >= 4 is 40.9 Å². The van der Waals surface area contributed by atoms with Crippen LogP contribution in [0.4, 0.5) is 5.69 Å². The summed E-state index contributed by atoms with van der Waals surface area (Å²) >= 11 is 7.96. The lowest BCUT2D eigenvalue weighted by Crippen LogP contribution is -2.50. The minimum absolute atomic E-state index is 0.0387. The lowest BCUT2D eigenvalue weighted by atomic mass is 10.0. The van der Waals surface area contributed by atoms with Gasteiger partial charge in [0, 0.05) is 27.8 Å². The first-order valence-corrected chi connectivity index (χ1v) is 11.2. The molecule has 2 fully saturated rings. The number of rotatable bonds is 3. The average molecular weight is 427 g/mol. The smallest absolute Gasteiger partial charge is 0.268 e. The quantitative estimate of drug-likeness (QED) is 0.707. The van der Waals surface area contributed by atoms with E-state index in [4.69, 9.17) is 11.6 Å². The van der Waals surface area contributed by atoms with Crippen molar-refractivity contribution < 1.29 is 9.59 Å². The Bertz CT molecular complexity index is 1010. The summed E-state index contributed by atoms with van der Waals surface area (Å²) in [5.41, 5.74) is 2.75. The monoisotopic (exact) mass is 426 g/mol. The summed E-state index contributed by atoms with van der Waals surface area (Å²) in [6, 6.07) is 15.6. The number of carbonyl (C=O) groups is 2. The first-order valence-electron chi connectivity index (χ1n) is 9.99. The van der Waals surface area contributed by atoms with Crippen LogP contribution in [0.2, 0.25) is 5.02 Å². The zero-order chi connectivity index (χ0) is 20.4. The molecule has 0 aromatic heterocycles. The van der Waals surface area contributed by atoms with Crippen molar-refractivity contribution in [1.29, 1.82) is 0 Å². The van der Waals surface area contributed by atoms with Gasteiger partial charge in [0.25, 0.3) is 5.91 Å². The van der Waals surface area contributed by atoms with E-state index in [1.807, 2.05) is 58.3 Å². The number of benzene rings is 2. The lowest BCUT2D eigenvalue weighted by Gasteiger charge is -2.33. The highest BCUT2D eigenvalue weighted by Gasteiger charge is 2.64. The molecule has 1 atom stereocenters. The van der Waals surface area contributed by atoms with Crippen molar-refractivity contribution in [2.75, 3.05) is 11.4 Å². The molecular weight excluding hydrogens is 404 g/mol. The number of anilines is 1. The second kappa shape index (κ2) is 6.51. The lowest BCUT2D eigenvalue weighted by molar-refractivity contribution is -0.141. The van der Waals surface area contributed by atoms with E-state index in [1.165, 1.54) is 0 Å². The van der Waals surface area contributed by atoms with Gasteiger partial charge in [0.05, 0.1) is 12.2 Å². The SMILES string of the molecule is CC1(C)CN(C(=O)C2CC2)C2(S1)C(=O)N(Cc1ccccc1)c1ccc(Cl)cc12. The molecule has 1 aliphatic carbocycles. The maximum Gasteiger partial charge on any atom is 0.268 e. The molecule has 5 rings (SSSR count). The predicted molar refractivity (Wildman–Crippen MR) is 117 cm³/mol. The van der Waals surface area contributed by atoms with E-state index in [0.717, 1.165) is 29.7 Å². The van der Waals surface area contributed by atoms with Crippen LogP contribution in [-0.4, -0.2) is 28.0 Å². The standard InChI is InChI=1S/C23H23ClN2O2S/c1-22(2)14-26(20(27)16-8-9-16)23(29-22)18-12-17(24)10-11-19(18)25(21(23)28)13-15-6-4-3-5-7-15/h3-7,10-12,16H,8-9,13-14H2,1-2H3. The number of nitrogens with zero attached hydrogens (tertiary/aromatic N) is 2. The molecule has 2 aliphatic heterocycles. The Labute approximate surface area is 180 Å². The van der Waals surface area contributed by atoms with E-state index < -0.39 is 4.87 Å². The Hall–Kier alpha value is -1.98. The largest absolute Gasteiger partial charge is 0.314 e. The predicted octanol–water partition coefficient (Wildman–Crippen LogP) is 4.80. The van der Waals surface area contributed by atoms with Crippen molar-refractivity contribution in [2.24, 2.45) is 5.92 Å². The molecule has 150 valence electrons. The van der Waals surface area contributed by atoms with Crippen molar-refractivity contribution in [1.82, 2.24) is 4.90 Å². The summed E-state index contributed by atoms with van der Waals surface area (Å²) in [4.78, 5) is 29.9. The first kappa shape index (κ1) is 19.0. The molecule has 3 aliphatic rings. The molecular formula is C23H23ClN2O2S. The van der Waals surface area contributed by atoms with Crippen molar-refractivity contribution in [3.05, 3.63) is 64.7 Å². The maximum atomic E-state index is 14.0. The van der Waals surface area contributed by atoms with Gasteiger partial charge in [-0.3, -0.25) is 9.59 Å². The van der Waals surface area contributed by atoms with E-state index in [-0.39, 0.29) is 22.5 Å². The van der Waals surface area contributed by atoms with Gasteiger partial charge in [0.2, 0.25) is 5.91 Å². The van der Waals surface area contributed by atoms with E-state index in [2.05, 4.69) is 13.8 Å². The maximum absolute atomic E-state index is 14.0. The fourth-order valence-electron chi connectivity index (χ4n) is 4.47. The molecule has 2 heterocycles. The fraction of sp³-hybridized carbons (Fsp3) is 0.391. The normalized spacial score (nSPS) is 25.0. The fourth-order valence-corrected chi connectivity index (χ4v) is 6.37. The number of fused-ring (bicyclic) bond motifs is 2. The summed E-state index contributed by atoms with van der Waals surface area (Å²) in [5, 5.41) is 0.585. The number of carbonyl (C=O) groups excluding carboxylic acids is 2. The van der Waals surface area contributed by atoms with Crippen LogP contribution < -0.4 is 4.90 Å². The van der Waals surface area contributed by atoms with Crippen LogP contribution in [0.15, 0.2) is 48.5 Å². The molecule has 0 radical (unpaired) electrons. The van der Waals surface area contributed by atoms with Gasteiger partial charge in [0.15, 0.2) is 4.87 Å². The third-order valence-corrected chi connectivity index (χ3v) is 7.70. The van der Waals surface area contributed by atoms with Crippen molar-refractivity contribution in [2.45, 2.75) is 42.9 Å². The molecule has 0 bridgehead atoms. The minimum Gasteiger partial charge on any atom is -0.314 e. The zero-order valence-corrected chi connectivity index (χ0v) is 18.1. The van der Waals surface area contributed by atoms with Crippen LogP contribution >= 0.6 is 23.4 Å². The Morgan fingerprint density at radius 3 is 2.59 bits per heavy atom. The highest BCUT2D eigenvalue weighted by atomic mass is 35.5. The molecule has 0 N–H and O–H groups in total. The van der Waals surface area contributed by atoms with Crippen LogP contribution in [0.1, 0.15) is 37.8 Å². The summed E-state index contributed by atoms with van der Waals surface area (Å²) in [6.07, 6.45) is 1.83. The van der Waals surface area contributed by atoms with Gasteiger partial charge in [0.1, 0.15) is 0 Å². The van der Waals surface area contributed by atoms with E-state index in [0.29, 0.717) is 18.1 Å². The van der Waals surface area contributed by atoms with Gasteiger partial charge < -0.3 is 9.80 Å². The van der Waals surface area contributed by atoms with E-state index in [1.54, 1.807) is 11.8 Å².